The molecule has 16 heavy (non-hydrogen) atoms. The molecule has 1 aromatic carbocycles. The topological polar surface area (TPSA) is 37.3 Å². The molecule has 1 N–H and O–H groups in total. The number of carboxylic acids is 1. The van der Waals surface area contributed by atoms with Crippen molar-refractivity contribution in [2.75, 3.05) is 0 Å². The van der Waals surface area contributed by atoms with Crippen LogP contribution in [0.2, 0.25) is 0 Å². The van der Waals surface area contributed by atoms with Gasteiger partial charge in [-0.15, -0.1) is 0 Å². The summed E-state index contributed by atoms with van der Waals surface area (Å²) in [6, 6.07) is 9.97. The monoisotopic (exact) mass is 216 g/mol. The standard InChI is InChI=1S/C14H16O2/c1-10-7-8-12(14(15)16)13(9-10)11-5-3-2-4-6-11/h2-7,12-13H,8-9H2,1H3,(H,15,16). The third-order valence-corrected chi connectivity index (χ3v) is 3.29. The Morgan fingerprint density at radius 2 is 2.00 bits per heavy atom. The predicted molar refractivity (Wildman–Crippen MR) is 63.3 cm³/mol. The number of rotatable bonds is 2. The van der Waals surface area contributed by atoms with Crippen LogP contribution in [0.4, 0.5) is 0 Å². The van der Waals surface area contributed by atoms with E-state index in [2.05, 4.69) is 13.0 Å². The Kier molecular flexibility index (Phi) is 3.09. The first-order valence-electron chi connectivity index (χ1n) is 5.62. The Labute approximate surface area is 95.6 Å². The van der Waals surface area contributed by atoms with Crippen molar-refractivity contribution < 1.29 is 9.90 Å². The van der Waals surface area contributed by atoms with Crippen molar-refractivity contribution in [1.82, 2.24) is 0 Å². The second-order valence-electron chi connectivity index (χ2n) is 4.45. The quantitative estimate of drug-likeness (QED) is 0.771. The summed E-state index contributed by atoms with van der Waals surface area (Å²) >= 11 is 0. The molecule has 0 aliphatic heterocycles. The van der Waals surface area contributed by atoms with Crippen molar-refractivity contribution >= 4 is 5.97 Å². The molecular weight excluding hydrogens is 200 g/mol. The zero-order valence-electron chi connectivity index (χ0n) is 9.39. The Morgan fingerprint density at radius 3 is 2.62 bits per heavy atom. The fourth-order valence-electron chi connectivity index (χ4n) is 2.39. The number of carbonyl (C=O) groups is 1. The lowest BCUT2D eigenvalue weighted by Gasteiger charge is -2.28. The van der Waals surface area contributed by atoms with Crippen molar-refractivity contribution in [3.8, 4) is 0 Å². The summed E-state index contributed by atoms with van der Waals surface area (Å²) in [4.78, 5) is 11.2. The maximum absolute atomic E-state index is 11.2. The van der Waals surface area contributed by atoms with E-state index in [1.165, 1.54) is 5.57 Å². The second kappa shape index (κ2) is 4.52. The van der Waals surface area contributed by atoms with Gasteiger partial charge in [-0.25, -0.2) is 0 Å². The van der Waals surface area contributed by atoms with Crippen LogP contribution >= 0.6 is 0 Å². The molecule has 0 amide bonds. The molecule has 0 aromatic heterocycles. The lowest BCUT2D eigenvalue weighted by Crippen LogP contribution is -2.24. The van der Waals surface area contributed by atoms with Crippen molar-refractivity contribution in [2.45, 2.75) is 25.7 Å². The minimum Gasteiger partial charge on any atom is -0.481 e. The lowest BCUT2D eigenvalue weighted by molar-refractivity contribution is -0.142. The van der Waals surface area contributed by atoms with Crippen molar-refractivity contribution in [3.05, 3.63) is 47.5 Å². The summed E-state index contributed by atoms with van der Waals surface area (Å²) in [6.07, 6.45) is 3.57. The highest BCUT2D eigenvalue weighted by atomic mass is 16.4. The van der Waals surface area contributed by atoms with E-state index >= 15 is 0 Å². The van der Waals surface area contributed by atoms with E-state index in [9.17, 15) is 9.90 Å². The molecule has 2 unspecified atom stereocenters. The number of allylic oxidation sites excluding steroid dienone is 2. The lowest BCUT2D eigenvalue weighted by atomic mass is 9.76. The smallest absolute Gasteiger partial charge is 0.307 e. The molecule has 0 radical (unpaired) electrons. The van der Waals surface area contributed by atoms with Crippen molar-refractivity contribution in [2.24, 2.45) is 5.92 Å². The van der Waals surface area contributed by atoms with Crippen LogP contribution in [0.15, 0.2) is 42.0 Å². The SMILES string of the molecule is CC1=CCC(C(=O)O)C(c2ccccc2)C1. The van der Waals surface area contributed by atoms with Gasteiger partial charge in [0.05, 0.1) is 5.92 Å². The van der Waals surface area contributed by atoms with Gasteiger partial charge in [-0.2, -0.15) is 0 Å². The Bertz CT molecular complexity index is 406. The third kappa shape index (κ3) is 2.16. The summed E-state index contributed by atoms with van der Waals surface area (Å²) in [7, 11) is 0. The van der Waals surface area contributed by atoms with Crippen LogP contribution in [0, 0.1) is 5.92 Å². The summed E-state index contributed by atoms with van der Waals surface area (Å²) in [5, 5.41) is 9.23. The maximum atomic E-state index is 11.2. The molecule has 0 spiro atoms. The molecule has 0 bridgehead atoms. The largest absolute Gasteiger partial charge is 0.481 e. The molecule has 0 saturated heterocycles. The van der Waals surface area contributed by atoms with Gasteiger partial charge in [0.25, 0.3) is 0 Å². The van der Waals surface area contributed by atoms with Gasteiger partial charge >= 0.3 is 5.97 Å². The van der Waals surface area contributed by atoms with Gasteiger partial charge < -0.3 is 5.11 Å². The van der Waals surface area contributed by atoms with Crippen LogP contribution in [0.5, 0.6) is 0 Å². The van der Waals surface area contributed by atoms with Gasteiger partial charge in [-0.1, -0.05) is 42.0 Å². The molecule has 0 heterocycles. The average Bonchev–Trinajstić information content (AvgIpc) is 2.29. The van der Waals surface area contributed by atoms with Gasteiger partial charge in [0.1, 0.15) is 0 Å². The van der Waals surface area contributed by atoms with Gasteiger partial charge in [0, 0.05) is 5.92 Å². The van der Waals surface area contributed by atoms with Crippen LogP contribution in [-0.4, -0.2) is 11.1 Å². The molecule has 1 aliphatic carbocycles. The first kappa shape index (κ1) is 10.9. The van der Waals surface area contributed by atoms with Crippen LogP contribution in [-0.2, 0) is 4.79 Å². The number of benzene rings is 1. The highest BCUT2D eigenvalue weighted by Gasteiger charge is 2.31. The summed E-state index contributed by atoms with van der Waals surface area (Å²) in [6.45, 7) is 2.08. The highest BCUT2D eigenvalue weighted by Crippen LogP contribution is 2.37. The number of hydrogen-bond acceptors (Lipinski definition) is 1. The molecule has 2 atom stereocenters. The van der Waals surface area contributed by atoms with Crippen LogP contribution in [0.3, 0.4) is 0 Å². The summed E-state index contributed by atoms with van der Waals surface area (Å²) in [5.74, 6) is -0.826. The van der Waals surface area contributed by atoms with Gasteiger partial charge in [-0.3, -0.25) is 4.79 Å². The van der Waals surface area contributed by atoms with Crippen molar-refractivity contribution in [3.63, 3.8) is 0 Å². The molecule has 2 rings (SSSR count). The van der Waals surface area contributed by atoms with Crippen LogP contribution in [0.1, 0.15) is 31.2 Å². The fraction of sp³-hybridized carbons (Fsp3) is 0.357. The second-order valence-corrected chi connectivity index (χ2v) is 4.45. The van der Waals surface area contributed by atoms with Crippen LogP contribution in [0.25, 0.3) is 0 Å². The Balaban J connectivity index is 2.30. The van der Waals surface area contributed by atoms with Crippen LogP contribution < -0.4 is 0 Å². The maximum Gasteiger partial charge on any atom is 0.307 e. The first-order valence-corrected chi connectivity index (χ1v) is 5.62. The van der Waals surface area contributed by atoms with E-state index < -0.39 is 5.97 Å². The molecule has 2 heteroatoms. The summed E-state index contributed by atoms with van der Waals surface area (Å²) < 4.78 is 0. The fourth-order valence-corrected chi connectivity index (χ4v) is 2.39. The predicted octanol–water partition coefficient (Wildman–Crippen LogP) is 3.21. The van der Waals surface area contributed by atoms with E-state index in [1.54, 1.807) is 0 Å². The van der Waals surface area contributed by atoms with E-state index in [0.29, 0.717) is 6.42 Å². The van der Waals surface area contributed by atoms with Crippen molar-refractivity contribution in [1.29, 1.82) is 0 Å². The minimum atomic E-state index is -0.683. The van der Waals surface area contributed by atoms with E-state index in [4.69, 9.17) is 0 Å². The molecular formula is C14H16O2. The Hall–Kier alpha value is -1.57. The number of carboxylic acid groups (broad SMARTS) is 1. The Morgan fingerprint density at radius 1 is 1.31 bits per heavy atom. The minimum absolute atomic E-state index is 0.128. The molecule has 0 fully saturated rings. The number of hydrogen-bond donors (Lipinski definition) is 1. The average molecular weight is 216 g/mol. The van der Waals surface area contributed by atoms with Gasteiger partial charge in [0.2, 0.25) is 0 Å². The van der Waals surface area contributed by atoms with E-state index in [0.717, 1.165) is 12.0 Å². The van der Waals surface area contributed by atoms with Gasteiger partial charge in [-0.05, 0) is 25.3 Å². The molecule has 0 saturated carbocycles. The van der Waals surface area contributed by atoms with E-state index in [1.807, 2.05) is 30.3 Å². The summed E-state index contributed by atoms with van der Waals surface area (Å²) in [5.41, 5.74) is 2.44. The molecule has 1 aliphatic rings. The normalized spacial score (nSPS) is 24.9. The zero-order chi connectivity index (χ0) is 11.5. The number of aliphatic carboxylic acids is 1. The zero-order valence-corrected chi connectivity index (χ0v) is 9.39. The molecule has 84 valence electrons. The molecule has 1 aromatic rings. The first-order chi connectivity index (χ1) is 7.68. The van der Waals surface area contributed by atoms with Gasteiger partial charge in [0.15, 0.2) is 0 Å². The third-order valence-electron chi connectivity index (χ3n) is 3.29. The highest BCUT2D eigenvalue weighted by molar-refractivity contribution is 5.72. The molecule has 2 nitrogen and oxygen atoms in total. The van der Waals surface area contributed by atoms with E-state index in [-0.39, 0.29) is 11.8 Å².